The van der Waals surface area contributed by atoms with E-state index in [0.29, 0.717) is 23.4 Å². The highest BCUT2D eigenvalue weighted by atomic mass is 79.9. The van der Waals surface area contributed by atoms with E-state index in [-0.39, 0.29) is 5.75 Å². The van der Waals surface area contributed by atoms with Gasteiger partial charge in [0.2, 0.25) is 17.8 Å². The quantitative estimate of drug-likeness (QED) is 0.342. The van der Waals surface area contributed by atoms with Gasteiger partial charge in [0.15, 0.2) is 0 Å². The third-order valence-electron chi connectivity index (χ3n) is 4.06. The number of hydrogen-bond acceptors (Lipinski definition) is 8. The van der Waals surface area contributed by atoms with Crippen LogP contribution in [0.25, 0.3) is 0 Å². The molecule has 3 N–H and O–H groups in total. The van der Waals surface area contributed by atoms with Gasteiger partial charge in [0.1, 0.15) is 5.75 Å². The van der Waals surface area contributed by atoms with E-state index in [9.17, 15) is 5.11 Å². The van der Waals surface area contributed by atoms with E-state index in [1.807, 2.05) is 49.1 Å². The fourth-order valence-corrected chi connectivity index (χ4v) is 2.94. The number of rotatable bonds is 8. The summed E-state index contributed by atoms with van der Waals surface area (Å²) >= 11 is 3.38. The second-order valence-corrected chi connectivity index (χ2v) is 6.93. The fourth-order valence-electron chi connectivity index (χ4n) is 2.56. The first kappa shape index (κ1) is 20.5. The Morgan fingerprint density at radius 1 is 1.03 bits per heavy atom. The molecule has 29 heavy (non-hydrogen) atoms. The van der Waals surface area contributed by atoms with Crippen molar-refractivity contribution in [2.24, 2.45) is 5.10 Å². The Bertz CT molecular complexity index is 978. The Labute approximate surface area is 177 Å². The normalized spacial score (nSPS) is 10.9. The first-order chi connectivity index (χ1) is 14.1. The molecule has 9 heteroatoms. The third-order valence-corrected chi connectivity index (χ3v) is 4.55. The number of nitrogens with zero attached hydrogens (tertiary/aromatic N) is 5. The molecule has 0 bridgehead atoms. The molecular formula is C20H22BrN7O. The Morgan fingerprint density at radius 2 is 1.76 bits per heavy atom. The van der Waals surface area contributed by atoms with E-state index >= 15 is 0 Å². The molecule has 0 amide bonds. The van der Waals surface area contributed by atoms with E-state index in [0.717, 1.165) is 23.2 Å². The molecule has 3 aromatic rings. The molecule has 1 aromatic heterocycles. The van der Waals surface area contributed by atoms with E-state index < -0.39 is 0 Å². The number of phenolic OH excluding ortho intramolecular Hbond substituents is 1. The SMILES string of the molecule is CCN(CC)c1nc(N/N=C/c2cc(Br)ccc2O)nc(Nc2ccccc2)n1. The number of anilines is 4. The van der Waals surface area contributed by atoms with Crippen LogP contribution < -0.4 is 15.6 Å². The van der Waals surface area contributed by atoms with Gasteiger partial charge in [0.05, 0.1) is 6.21 Å². The molecule has 0 aliphatic rings. The van der Waals surface area contributed by atoms with Crippen molar-refractivity contribution in [2.75, 3.05) is 28.7 Å². The van der Waals surface area contributed by atoms with Crippen LogP contribution in [0.4, 0.5) is 23.5 Å². The first-order valence-electron chi connectivity index (χ1n) is 9.19. The van der Waals surface area contributed by atoms with Crippen LogP contribution in [0.5, 0.6) is 5.75 Å². The summed E-state index contributed by atoms with van der Waals surface area (Å²) in [6.07, 6.45) is 1.51. The van der Waals surface area contributed by atoms with Crippen LogP contribution in [0, 0.1) is 0 Å². The van der Waals surface area contributed by atoms with Gasteiger partial charge in [0, 0.05) is 28.8 Å². The number of hydrogen-bond donors (Lipinski definition) is 3. The molecule has 0 spiro atoms. The summed E-state index contributed by atoms with van der Waals surface area (Å²) in [5.74, 6) is 1.39. The molecule has 0 atom stereocenters. The molecule has 0 radical (unpaired) electrons. The molecule has 8 nitrogen and oxygen atoms in total. The van der Waals surface area contributed by atoms with Crippen molar-refractivity contribution in [3.63, 3.8) is 0 Å². The van der Waals surface area contributed by atoms with Crippen molar-refractivity contribution in [1.82, 2.24) is 15.0 Å². The van der Waals surface area contributed by atoms with Gasteiger partial charge in [-0.3, -0.25) is 0 Å². The van der Waals surface area contributed by atoms with Crippen LogP contribution in [0.3, 0.4) is 0 Å². The second-order valence-electron chi connectivity index (χ2n) is 6.02. The zero-order valence-electron chi connectivity index (χ0n) is 16.2. The summed E-state index contributed by atoms with van der Waals surface area (Å²) in [4.78, 5) is 15.4. The van der Waals surface area contributed by atoms with Crippen molar-refractivity contribution in [1.29, 1.82) is 0 Å². The Balaban J connectivity index is 1.86. The van der Waals surface area contributed by atoms with Crippen LogP contribution in [0.2, 0.25) is 0 Å². The minimum Gasteiger partial charge on any atom is -0.507 e. The monoisotopic (exact) mass is 455 g/mol. The number of phenols is 1. The highest BCUT2D eigenvalue weighted by Crippen LogP contribution is 2.21. The van der Waals surface area contributed by atoms with E-state index in [2.05, 4.69) is 46.7 Å². The molecule has 3 rings (SSSR count). The molecular weight excluding hydrogens is 434 g/mol. The number of para-hydroxylation sites is 1. The van der Waals surface area contributed by atoms with E-state index in [4.69, 9.17) is 0 Å². The summed E-state index contributed by atoms with van der Waals surface area (Å²) in [6, 6.07) is 14.8. The van der Waals surface area contributed by atoms with E-state index in [1.54, 1.807) is 18.2 Å². The third kappa shape index (κ3) is 5.64. The highest BCUT2D eigenvalue weighted by molar-refractivity contribution is 9.10. The second kappa shape index (κ2) is 9.83. The Morgan fingerprint density at radius 3 is 2.48 bits per heavy atom. The van der Waals surface area contributed by atoms with Crippen molar-refractivity contribution in [3.05, 3.63) is 58.6 Å². The van der Waals surface area contributed by atoms with Crippen molar-refractivity contribution < 1.29 is 5.11 Å². The van der Waals surface area contributed by atoms with Crippen LogP contribution in [0.1, 0.15) is 19.4 Å². The fraction of sp³-hybridized carbons (Fsp3) is 0.200. The number of nitrogens with one attached hydrogen (secondary N) is 2. The first-order valence-corrected chi connectivity index (χ1v) is 9.99. The number of benzene rings is 2. The lowest BCUT2D eigenvalue weighted by atomic mass is 10.2. The molecule has 0 aliphatic heterocycles. The number of hydrazone groups is 1. The van der Waals surface area contributed by atoms with Gasteiger partial charge in [0.25, 0.3) is 0 Å². The van der Waals surface area contributed by atoms with Crippen molar-refractivity contribution in [3.8, 4) is 5.75 Å². The Hall–Kier alpha value is -3.20. The summed E-state index contributed by atoms with van der Waals surface area (Å²) in [6.45, 7) is 5.61. The summed E-state index contributed by atoms with van der Waals surface area (Å²) in [5.41, 5.74) is 4.26. The summed E-state index contributed by atoms with van der Waals surface area (Å²) in [5, 5.41) is 17.3. The zero-order chi connectivity index (χ0) is 20.6. The van der Waals surface area contributed by atoms with Crippen molar-refractivity contribution >= 4 is 45.7 Å². The average Bonchev–Trinajstić information content (AvgIpc) is 2.72. The van der Waals surface area contributed by atoms with Gasteiger partial charge in [-0.15, -0.1) is 0 Å². The van der Waals surface area contributed by atoms with Crippen LogP contribution in [-0.2, 0) is 0 Å². The van der Waals surface area contributed by atoms with Gasteiger partial charge < -0.3 is 15.3 Å². The smallest absolute Gasteiger partial charge is 0.250 e. The maximum atomic E-state index is 9.92. The summed E-state index contributed by atoms with van der Waals surface area (Å²) in [7, 11) is 0. The maximum absolute atomic E-state index is 9.92. The van der Waals surface area contributed by atoms with Crippen molar-refractivity contribution in [2.45, 2.75) is 13.8 Å². The molecule has 0 unspecified atom stereocenters. The standard InChI is InChI=1S/C20H22BrN7O/c1-3-28(4-2)20-25-18(23-16-8-6-5-7-9-16)24-19(26-20)27-22-13-14-12-15(21)10-11-17(14)29/h5-13,29H,3-4H2,1-2H3,(H2,23,24,25,26,27)/b22-13+. The van der Waals surface area contributed by atoms with Crippen LogP contribution >= 0.6 is 15.9 Å². The van der Waals surface area contributed by atoms with Gasteiger partial charge in [-0.25, -0.2) is 5.43 Å². The lowest BCUT2D eigenvalue weighted by Gasteiger charge is -2.19. The van der Waals surface area contributed by atoms with E-state index in [1.165, 1.54) is 6.21 Å². The predicted molar refractivity (Wildman–Crippen MR) is 120 cm³/mol. The Kier molecular flexibility index (Phi) is 6.96. The minimum absolute atomic E-state index is 0.129. The average molecular weight is 456 g/mol. The van der Waals surface area contributed by atoms with Gasteiger partial charge in [-0.2, -0.15) is 20.1 Å². The molecule has 0 saturated heterocycles. The number of halogens is 1. The summed E-state index contributed by atoms with van der Waals surface area (Å²) < 4.78 is 0.843. The molecule has 0 fully saturated rings. The van der Waals surface area contributed by atoms with Gasteiger partial charge >= 0.3 is 0 Å². The molecule has 0 saturated carbocycles. The van der Waals surface area contributed by atoms with Gasteiger partial charge in [-0.05, 0) is 44.2 Å². The number of aromatic nitrogens is 3. The molecule has 150 valence electrons. The highest BCUT2D eigenvalue weighted by Gasteiger charge is 2.11. The maximum Gasteiger partial charge on any atom is 0.250 e. The van der Waals surface area contributed by atoms with Crippen LogP contribution in [-0.4, -0.2) is 39.4 Å². The molecule has 2 aromatic carbocycles. The minimum atomic E-state index is 0.129. The largest absolute Gasteiger partial charge is 0.507 e. The topological polar surface area (TPSA) is 98.6 Å². The van der Waals surface area contributed by atoms with Gasteiger partial charge in [-0.1, -0.05) is 34.1 Å². The lowest BCUT2D eigenvalue weighted by molar-refractivity contribution is 0.474. The zero-order valence-corrected chi connectivity index (χ0v) is 17.8. The van der Waals surface area contributed by atoms with Crippen LogP contribution in [0.15, 0.2) is 58.1 Å². The number of aromatic hydroxyl groups is 1. The predicted octanol–water partition coefficient (Wildman–Crippen LogP) is 4.38. The molecule has 0 aliphatic carbocycles. The molecule has 1 heterocycles. The lowest BCUT2D eigenvalue weighted by Crippen LogP contribution is -2.25.